The molecule has 0 saturated heterocycles. The van der Waals surface area contributed by atoms with Crippen molar-refractivity contribution in [2.45, 2.75) is 19.9 Å². The largest absolute Gasteiger partial charge is 0.476 e. The molecule has 90 valence electrons. The molecule has 7 heteroatoms. The zero-order valence-corrected chi connectivity index (χ0v) is 10.6. The van der Waals surface area contributed by atoms with Crippen molar-refractivity contribution < 1.29 is 14.3 Å². The third-order valence-electron chi connectivity index (χ3n) is 2.18. The second-order valence-electron chi connectivity index (χ2n) is 3.42. The molecular formula is C10H10BrN3O3. The smallest absolute Gasteiger partial charge is 0.358 e. The topological polar surface area (TPSA) is 81.2 Å². The first kappa shape index (κ1) is 11.8. The quantitative estimate of drug-likeness (QED) is 0.937. The Morgan fingerprint density at radius 3 is 2.88 bits per heavy atom. The van der Waals surface area contributed by atoms with Gasteiger partial charge < -0.3 is 9.52 Å². The molecule has 0 unspecified atom stereocenters. The molecule has 0 aliphatic carbocycles. The van der Waals surface area contributed by atoms with E-state index >= 15 is 0 Å². The summed E-state index contributed by atoms with van der Waals surface area (Å²) in [6.45, 7) is 2.57. The number of hydrogen-bond donors (Lipinski definition) is 1. The number of carboxylic acid groups (broad SMARTS) is 1. The van der Waals surface area contributed by atoms with Crippen molar-refractivity contribution in [3.05, 3.63) is 22.5 Å². The van der Waals surface area contributed by atoms with Crippen LogP contribution in [0.25, 0.3) is 11.5 Å². The molecule has 0 atom stereocenters. The lowest BCUT2D eigenvalue weighted by Gasteiger charge is -2.02. The van der Waals surface area contributed by atoms with E-state index in [1.807, 2.05) is 6.92 Å². The first-order valence-electron chi connectivity index (χ1n) is 5.06. The first-order chi connectivity index (χ1) is 8.13. The SMILES string of the molecule is CCCn1nnc(C(=O)O)c1-c1ccc(Br)o1. The molecule has 0 fully saturated rings. The summed E-state index contributed by atoms with van der Waals surface area (Å²) >= 11 is 3.18. The Morgan fingerprint density at radius 2 is 2.35 bits per heavy atom. The highest BCUT2D eigenvalue weighted by atomic mass is 79.9. The highest BCUT2D eigenvalue weighted by Crippen LogP contribution is 2.27. The van der Waals surface area contributed by atoms with Crippen LogP contribution in [-0.2, 0) is 6.54 Å². The molecule has 2 aromatic rings. The van der Waals surface area contributed by atoms with E-state index in [1.54, 1.807) is 12.1 Å². The predicted octanol–water partition coefficient (Wildman–Crippen LogP) is 2.41. The molecule has 1 N–H and O–H groups in total. The van der Waals surface area contributed by atoms with Crippen molar-refractivity contribution >= 4 is 21.9 Å². The zero-order valence-electron chi connectivity index (χ0n) is 9.05. The van der Waals surface area contributed by atoms with Crippen LogP contribution in [0.4, 0.5) is 0 Å². The standard InChI is InChI=1S/C10H10BrN3O3/c1-2-5-14-9(6-3-4-7(11)17-6)8(10(15)16)12-13-14/h3-4H,2,5H2,1H3,(H,15,16). The fourth-order valence-electron chi connectivity index (χ4n) is 1.51. The number of carbonyl (C=O) groups is 1. The minimum atomic E-state index is -1.12. The predicted molar refractivity (Wildman–Crippen MR) is 62.7 cm³/mol. The molecule has 2 rings (SSSR count). The average molecular weight is 300 g/mol. The van der Waals surface area contributed by atoms with E-state index in [4.69, 9.17) is 9.52 Å². The van der Waals surface area contributed by atoms with Crippen molar-refractivity contribution in [2.75, 3.05) is 0 Å². The maximum Gasteiger partial charge on any atom is 0.358 e. The molecular weight excluding hydrogens is 290 g/mol. The van der Waals surface area contributed by atoms with Gasteiger partial charge in [0.15, 0.2) is 10.4 Å². The van der Waals surface area contributed by atoms with Crippen LogP contribution < -0.4 is 0 Å². The van der Waals surface area contributed by atoms with Crippen LogP contribution in [0, 0.1) is 0 Å². The van der Waals surface area contributed by atoms with Gasteiger partial charge in [0.2, 0.25) is 5.69 Å². The van der Waals surface area contributed by atoms with E-state index in [0.717, 1.165) is 6.42 Å². The second-order valence-corrected chi connectivity index (χ2v) is 4.20. The molecule has 0 radical (unpaired) electrons. The van der Waals surface area contributed by atoms with Gasteiger partial charge in [-0.25, -0.2) is 9.48 Å². The Labute approximate surface area is 105 Å². The average Bonchev–Trinajstić information content (AvgIpc) is 2.84. The van der Waals surface area contributed by atoms with E-state index in [2.05, 4.69) is 26.2 Å². The lowest BCUT2D eigenvalue weighted by Crippen LogP contribution is -2.04. The summed E-state index contributed by atoms with van der Waals surface area (Å²) in [4.78, 5) is 11.1. The Hall–Kier alpha value is -1.63. The molecule has 0 aliphatic heterocycles. The summed E-state index contributed by atoms with van der Waals surface area (Å²) in [6, 6.07) is 3.38. The summed E-state index contributed by atoms with van der Waals surface area (Å²) in [5.74, 6) is -0.678. The minimum Gasteiger partial charge on any atom is -0.476 e. The molecule has 6 nitrogen and oxygen atoms in total. The van der Waals surface area contributed by atoms with E-state index in [-0.39, 0.29) is 5.69 Å². The van der Waals surface area contributed by atoms with Crippen molar-refractivity contribution in [3.63, 3.8) is 0 Å². The summed E-state index contributed by atoms with van der Waals surface area (Å²) < 4.78 is 7.43. The number of halogens is 1. The third kappa shape index (κ3) is 2.23. The van der Waals surface area contributed by atoms with Crippen molar-refractivity contribution in [2.24, 2.45) is 0 Å². The van der Waals surface area contributed by atoms with Crippen molar-refractivity contribution in [1.29, 1.82) is 0 Å². The van der Waals surface area contributed by atoms with Crippen molar-refractivity contribution in [1.82, 2.24) is 15.0 Å². The van der Waals surface area contributed by atoms with Gasteiger partial charge in [0.1, 0.15) is 5.69 Å². The molecule has 0 spiro atoms. The number of aromatic nitrogens is 3. The summed E-state index contributed by atoms with van der Waals surface area (Å²) in [5, 5.41) is 16.5. The van der Waals surface area contributed by atoms with Gasteiger partial charge in [0.25, 0.3) is 0 Å². The van der Waals surface area contributed by atoms with Gasteiger partial charge in [-0.05, 0) is 34.5 Å². The molecule has 0 amide bonds. The molecule has 0 aliphatic rings. The van der Waals surface area contributed by atoms with Crippen LogP contribution in [0.1, 0.15) is 23.8 Å². The normalized spacial score (nSPS) is 10.7. The maximum atomic E-state index is 11.1. The van der Waals surface area contributed by atoms with Crippen LogP contribution in [-0.4, -0.2) is 26.1 Å². The zero-order chi connectivity index (χ0) is 12.4. The van der Waals surface area contributed by atoms with Gasteiger partial charge in [0.05, 0.1) is 0 Å². The van der Waals surface area contributed by atoms with Gasteiger partial charge in [-0.15, -0.1) is 5.10 Å². The molecule has 0 aromatic carbocycles. The number of nitrogens with zero attached hydrogens (tertiary/aromatic N) is 3. The van der Waals surface area contributed by atoms with Gasteiger partial charge in [0, 0.05) is 6.54 Å². The monoisotopic (exact) mass is 299 g/mol. The van der Waals surface area contributed by atoms with Gasteiger partial charge in [-0.3, -0.25) is 0 Å². The molecule has 2 heterocycles. The molecule has 0 bridgehead atoms. The van der Waals surface area contributed by atoms with Gasteiger partial charge in [-0.1, -0.05) is 12.1 Å². The van der Waals surface area contributed by atoms with E-state index in [1.165, 1.54) is 4.68 Å². The highest BCUT2D eigenvalue weighted by molar-refractivity contribution is 9.10. The van der Waals surface area contributed by atoms with Crippen LogP contribution >= 0.6 is 15.9 Å². The Kier molecular flexibility index (Phi) is 3.28. The van der Waals surface area contributed by atoms with Crippen LogP contribution in [0.2, 0.25) is 0 Å². The van der Waals surface area contributed by atoms with Crippen LogP contribution in [0.3, 0.4) is 0 Å². The first-order valence-corrected chi connectivity index (χ1v) is 5.85. The fourth-order valence-corrected chi connectivity index (χ4v) is 1.82. The molecule has 17 heavy (non-hydrogen) atoms. The Bertz CT molecular complexity index is 547. The maximum absolute atomic E-state index is 11.1. The number of aryl methyl sites for hydroxylation is 1. The van der Waals surface area contributed by atoms with Gasteiger partial charge in [-0.2, -0.15) is 0 Å². The number of carboxylic acids is 1. The van der Waals surface area contributed by atoms with E-state index < -0.39 is 5.97 Å². The van der Waals surface area contributed by atoms with E-state index in [9.17, 15) is 4.79 Å². The Balaban J connectivity index is 2.55. The number of rotatable bonds is 4. The third-order valence-corrected chi connectivity index (χ3v) is 2.61. The van der Waals surface area contributed by atoms with E-state index in [0.29, 0.717) is 22.7 Å². The number of hydrogen-bond acceptors (Lipinski definition) is 4. The summed E-state index contributed by atoms with van der Waals surface area (Å²) in [6.07, 6.45) is 0.831. The summed E-state index contributed by atoms with van der Waals surface area (Å²) in [7, 11) is 0. The van der Waals surface area contributed by atoms with Crippen LogP contribution in [0.15, 0.2) is 21.2 Å². The minimum absolute atomic E-state index is 0.0969. The molecule has 2 aromatic heterocycles. The van der Waals surface area contributed by atoms with Gasteiger partial charge >= 0.3 is 5.97 Å². The summed E-state index contributed by atoms with van der Waals surface area (Å²) in [5.41, 5.74) is 0.297. The fraction of sp³-hybridized carbons (Fsp3) is 0.300. The molecule has 0 saturated carbocycles. The number of aromatic carboxylic acids is 1. The van der Waals surface area contributed by atoms with Crippen molar-refractivity contribution in [3.8, 4) is 11.5 Å². The lowest BCUT2D eigenvalue weighted by atomic mass is 10.2. The Morgan fingerprint density at radius 1 is 1.59 bits per heavy atom. The van der Waals surface area contributed by atoms with Crippen LogP contribution in [0.5, 0.6) is 0 Å². The highest BCUT2D eigenvalue weighted by Gasteiger charge is 2.22. The lowest BCUT2D eigenvalue weighted by molar-refractivity contribution is 0.0691. The second kappa shape index (κ2) is 4.70. The number of furan rings is 1.